The minimum absolute atomic E-state index is 0.625. The molecular formula is C14H25N5O. The highest BCUT2D eigenvalue weighted by atomic mass is 16.5. The third-order valence-corrected chi connectivity index (χ3v) is 3.45. The van der Waals surface area contributed by atoms with Crippen LogP contribution in [0.3, 0.4) is 0 Å². The van der Waals surface area contributed by atoms with Crippen LogP contribution in [0.2, 0.25) is 0 Å². The molecule has 0 radical (unpaired) electrons. The lowest BCUT2D eigenvalue weighted by Crippen LogP contribution is -2.34. The second kappa shape index (κ2) is 7.40. The first-order chi connectivity index (χ1) is 9.72. The van der Waals surface area contributed by atoms with Crippen LogP contribution in [0.15, 0.2) is 6.07 Å². The number of rotatable bonds is 5. The average Bonchev–Trinajstić information content (AvgIpc) is 2.65. The van der Waals surface area contributed by atoms with E-state index in [1.54, 1.807) is 0 Å². The summed E-state index contributed by atoms with van der Waals surface area (Å²) in [5.74, 6) is 2.39. The Morgan fingerprint density at radius 3 is 2.85 bits per heavy atom. The molecule has 1 aromatic heterocycles. The van der Waals surface area contributed by atoms with E-state index in [1.165, 1.54) is 0 Å². The fraction of sp³-hybridized carbons (Fsp3) is 0.714. The molecule has 1 saturated heterocycles. The van der Waals surface area contributed by atoms with E-state index in [9.17, 15) is 0 Å². The summed E-state index contributed by atoms with van der Waals surface area (Å²) in [6, 6.07) is 1.94. The summed E-state index contributed by atoms with van der Waals surface area (Å²) in [6.07, 6.45) is 1.13. The van der Waals surface area contributed by atoms with Crippen LogP contribution in [0.25, 0.3) is 0 Å². The Hall–Kier alpha value is -1.40. The maximum atomic E-state index is 5.64. The molecule has 1 aliphatic heterocycles. The molecule has 112 valence electrons. The number of ether oxygens (including phenoxy) is 1. The molecule has 0 aromatic carbocycles. The zero-order chi connectivity index (χ0) is 14.4. The molecule has 0 aliphatic carbocycles. The Labute approximate surface area is 120 Å². The van der Waals surface area contributed by atoms with Crippen molar-refractivity contribution >= 4 is 5.82 Å². The van der Waals surface area contributed by atoms with Crippen molar-refractivity contribution in [2.75, 3.05) is 50.8 Å². The van der Waals surface area contributed by atoms with Gasteiger partial charge in [-0.3, -0.25) is 0 Å². The van der Waals surface area contributed by atoms with E-state index in [2.05, 4.69) is 19.8 Å². The zero-order valence-corrected chi connectivity index (χ0v) is 12.5. The second-order valence-electron chi connectivity index (χ2n) is 5.02. The summed E-state index contributed by atoms with van der Waals surface area (Å²) < 4.78 is 5.50. The lowest BCUT2D eigenvalue weighted by molar-refractivity contribution is 0.302. The number of nitrogens with two attached hydrogens (primary N) is 1. The predicted octanol–water partition coefficient (Wildman–Crippen LogP) is 0.655. The molecule has 0 spiro atoms. The van der Waals surface area contributed by atoms with Crippen molar-refractivity contribution in [3.05, 3.63) is 11.9 Å². The largest absolute Gasteiger partial charge is 0.478 e. The van der Waals surface area contributed by atoms with Crippen molar-refractivity contribution in [2.45, 2.75) is 20.3 Å². The predicted molar refractivity (Wildman–Crippen MR) is 80.3 cm³/mol. The molecule has 2 rings (SSSR count). The second-order valence-corrected chi connectivity index (χ2v) is 5.02. The molecule has 2 N–H and O–H groups in total. The van der Waals surface area contributed by atoms with Crippen molar-refractivity contribution in [3.63, 3.8) is 0 Å². The van der Waals surface area contributed by atoms with Crippen LogP contribution >= 0.6 is 0 Å². The highest BCUT2D eigenvalue weighted by Gasteiger charge is 2.16. The van der Waals surface area contributed by atoms with E-state index < -0.39 is 0 Å². The van der Waals surface area contributed by atoms with Gasteiger partial charge in [-0.15, -0.1) is 0 Å². The monoisotopic (exact) mass is 279 g/mol. The number of nitrogens with zero attached hydrogens (tertiary/aromatic N) is 4. The van der Waals surface area contributed by atoms with Crippen LogP contribution in [0.4, 0.5) is 5.82 Å². The van der Waals surface area contributed by atoms with Gasteiger partial charge in [-0.1, -0.05) is 0 Å². The van der Waals surface area contributed by atoms with Crippen LogP contribution in [0.1, 0.15) is 19.2 Å². The molecule has 0 saturated carbocycles. The molecule has 0 unspecified atom stereocenters. The van der Waals surface area contributed by atoms with Gasteiger partial charge in [0.25, 0.3) is 0 Å². The molecular weight excluding hydrogens is 254 g/mol. The molecule has 0 atom stereocenters. The Kier molecular flexibility index (Phi) is 5.55. The molecule has 2 heterocycles. The van der Waals surface area contributed by atoms with Gasteiger partial charge in [-0.05, 0) is 26.8 Å². The third kappa shape index (κ3) is 4.05. The van der Waals surface area contributed by atoms with Gasteiger partial charge >= 0.3 is 0 Å². The van der Waals surface area contributed by atoms with Crippen molar-refractivity contribution < 1.29 is 4.74 Å². The molecule has 0 amide bonds. The molecule has 6 nitrogen and oxygen atoms in total. The summed E-state index contributed by atoms with van der Waals surface area (Å²) in [5.41, 5.74) is 5.64. The van der Waals surface area contributed by atoms with Gasteiger partial charge in [0.1, 0.15) is 11.6 Å². The summed E-state index contributed by atoms with van der Waals surface area (Å²) >= 11 is 0. The smallest absolute Gasteiger partial charge is 0.218 e. The van der Waals surface area contributed by atoms with Gasteiger partial charge in [0.05, 0.1) is 6.61 Å². The SMILES string of the molecule is CCOc1cc(N2CCCN(CCN)CC2)nc(C)n1. The van der Waals surface area contributed by atoms with Crippen LogP contribution in [0.5, 0.6) is 5.88 Å². The number of anilines is 1. The molecule has 20 heavy (non-hydrogen) atoms. The fourth-order valence-corrected chi connectivity index (χ4v) is 2.52. The first-order valence-corrected chi connectivity index (χ1v) is 7.38. The number of aryl methyl sites for hydroxylation is 1. The van der Waals surface area contributed by atoms with E-state index in [1.807, 2.05) is 19.9 Å². The van der Waals surface area contributed by atoms with E-state index in [0.29, 0.717) is 12.5 Å². The third-order valence-electron chi connectivity index (χ3n) is 3.45. The van der Waals surface area contributed by atoms with Crippen molar-refractivity contribution in [3.8, 4) is 5.88 Å². The zero-order valence-electron chi connectivity index (χ0n) is 12.5. The number of hydrogen-bond acceptors (Lipinski definition) is 6. The Morgan fingerprint density at radius 1 is 1.25 bits per heavy atom. The fourth-order valence-electron chi connectivity index (χ4n) is 2.52. The summed E-state index contributed by atoms with van der Waals surface area (Å²) in [4.78, 5) is 13.6. The first-order valence-electron chi connectivity index (χ1n) is 7.38. The van der Waals surface area contributed by atoms with Gasteiger partial charge in [-0.2, -0.15) is 4.98 Å². The topological polar surface area (TPSA) is 67.5 Å². The quantitative estimate of drug-likeness (QED) is 0.854. The molecule has 1 aliphatic rings. The van der Waals surface area contributed by atoms with Crippen molar-refractivity contribution in [1.29, 1.82) is 0 Å². The lowest BCUT2D eigenvalue weighted by Gasteiger charge is -2.23. The molecule has 1 aromatic rings. The van der Waals surface area contributed by atoms with E-state index in [4.69, 9.17) is 10.5 Å². The normalized spacial score (nSPS) is 17.1. The van der Waals surface area contributed by atoms with Gasteiger partial charge in [0.2, 0.25) is 5.88 Å². The van der Waals surface area contributed by atoms with E-state index in [0.717, 1.165) is 57.3 Å². The summed E-state index contributed by atoms with van der Waals surface area (Å²) in [7, 11) is 0. The van der Waals surface area contributed by atoms with E-state index in [-0.39, 0.29) is 0 Å². The molecule has 0 bridgehead atoms. The lowest BCUT2D eigenvalue weighted by atomic mass is 10.3. The summed E-state index contributed by atoms with van der Waals surface area (Å²) in [6.45, 7) is 10.3. The van der Waals surface area contributed by atoms with Crippen LogP contribution in [-0.2, 0) is 0 Å². The number of hydrogen-bond donors (Lipinski definition) is 1. The number of aromatic nitrogens is 2. The van der Waals surface area contributed by atoms with E-state index >= 15 is 0 Å². The van der Waals surface area contributed by atoms with Crippen LogP contribution in [0, 0.1) is 6.92 Å². The minimum Gasteiger partial charge on any atom is -0.478 e. The Morgan fingerprint density at radius 2 is 2.10 bits per heavy atom. The standard InChI is InChI=1S/C14H25N5O/c1-3-20-14-11-13(16-12(2)17-14)19-7-4-6-18(8-5-15)9-10-19/h11H,3-10,15H2,1-2H3. The highest BCUT2D eigenvalue weighted by Crippen LogP contribution is 2.19. The van der Waals surface area contributed by atoms with Crippen LogP contribution < -0.4 is 15.4 Å². The molecule has 6 heteroatoms. The Balaban J connectivity index is 2.07. The maximum absolute atomic E-state index is 5.64. The van der Waals surface area contributed by atoms with Gasteiger partial charge in [0.15, 0.2) is 0 Å². The summed E-state index contributed by atoms with van der Waals surface area (Å²) in [5, 5.41) is 0. The highest BCUT2D eigenvalue weighted by molar-refractivity contribution is 5.42. The van der Waals surface area contributed by atoms with Crippen LogP contribution in [-0.4, -0.2) is 60.7 Å². The Bertz CT molecular complexity index is 426. The maximum Gasteiger partial charge on any atom is 0.218 e. The van der Waals surface area contributed by atoms with Gasteiger partial charge < -0.3 is 20.3 Å². The van der Waals surface area contributed by atoms with Gasteiger partial charge in [-0.25, -0.2) is 4.98 Å². The average molecular weight is 279 g/mol. The van der Waals surface area contributed by atoms with Crippen molar-refractivity contribution in [2.24, 2.45) is 5.73 Å². The first kappa shape index (κ1) is 15.0. The van der Waals surface area contributed by atoms with Gasteiger partial charge in [0, 0.05) is 38.8 Å². The van der Waals surface area contributed by atoms with Crippen molar-refractivity contribution in [1.82, 2.24) is 14.9 Å². The molecule has 1 fully saturated rings. The minimum atomic E-state index is 0.625.